The molecule has 0 saturated heterocycles. The van der Waals surface area contributed by atoms with E-state index in [1.54, 1.807) is 0 Å². The quantitative estimate of drug-likeness (QED) is 0.634. The van der Waals surface area contributed by atoms with Crippen LogP contribution in [0.4, 0.5) is 0 Å². The van der Waals surface area contributed by atoms with Crippen molar-refractivity contribution < 1.29 is 0 Å². The smallest absolute Gasteiger partial charge is 0.0257 e. The molecular formula is C18H17Br. The maximum Gasteiger partial charge on any atom is 0.0257 e. The SMILES string of the molecule is CC1=CCc2cc(Br)c(-c3cccc(C)c3C)cc21. The predicted molar refractivity (Wildman–Crippen MR) is 86.4 cm³/mol. The predicted octanol–water partition coefficient (Wildman–Crippen LogP) is 5.69. The van der Waals surface area contributed by atoms with Gasteiger partial charge in [0.15, 0.2) is 0 Å². The zero-order chi connectivity index (χ0) is 13.6. The summed E-state index contributed by atoms with van der Waals surface area (Å²) in [6.45, 7) is 6.57. The van der Waals surface area contributed by atoms with Crippen LogP contribution < -0.4 is 0 Å². The molecule has 0 radical (unpaired) electrons. The summed E-state index contributed by atoms with van der Waals surface area (Å²) in [4.78, 5) is 0. The minimum absolute atomic E-state index is 1.06. The molecule has 2 aromatic rings. The van der Waals surface area contributed by atoms with Crippen LogP contribution in [0.1, 0.15) is 29.2 Å². The summed E-state index contributed by atoms with van der Waals surface area (Å²) >= 11 is 3.74. The normalized spacial score (nSPS) is 13.4. The average Bonchev–Trinajstić information content (AvgIpc) is 2.73. The summed E-state index contributed by atoms with van der Waals surface area (Å²) in [7, 11) is 0. The average molecular weight is 313 g/mol. The van der Waals surface area contributed by atoms with Gasteiger partial charge in [0.1, 0.15) is 0 Å². The molecule has 0 aromatic heterocycles. The van der Waals surface area contributed by atoms with Gasteiger partial charge in [0.05, 0.1) is 0 Å². The Morgan fingerprint density at radius 2 is 1.74 bits per heavy atom. The molecule has 0 nitrogen and oxygen atoms in total. The van der Waals surface area contributed by atoms with E-state index >= 15 is 0 Å². The van der Waals surface area contributed by atoms with Crippen molar-refractivity contribution in [3.05, 3.63) is 63.1 Å². The van der Waals surface area contributed by atoms with Gasteiger partial charge in [0.25, 0.3) is 0 Å². The maximum atomic E-state index is 3.74. The third kappa shape index (κ3) is 2.06. The van der Waals surface area contributed by atoms with Crippen LogP contribution in [0.25, 0.3) is 16.7 Å². The summed E-state index contributed by atoms with van der Waals surface area (Å²) in [6.07, 6.45) is 3.37. The molecule has 1 aliphatic rings. The number of allylic oxidation sites excluding steroid dienone is 2. The summed E-state index contributed by atoms with van der Waals surface area (Å²) in [5, 5.41) is 0. The van der Waals surface area contributed by atoms with Crippen molar-refractivity contribution in [2.75, 3.05) is 0 Å². The zero-order valence-corrected chi connectivity index (χ0v) is 13.1. The second-order valence-corrected chi connectivity index (χ2v) is 6.18. The first-order valence-corrected chi connectivity index (χ1v) is 7.43. The molecule has 2 aromatic carbocycles. The monoisotopic (exact) mass is 312 g/mol. The first kappa shape index (κ1) is 12.7. The van der Waals surface area contributed by atoms with E-state index in [0.717, 1.165) is 6.42 Å². The van der Waals surface area contributed by atoms with Crippen molar-refractivity contribution >= 4 is 21.5 Å². The summed E-state index contributed by atoms with van der Waals surface area (Å²) in [5.41, 5.74) is 9.57. The van der Waals surface area contributed by atoms with E-state index < -0.39 is 0 Å². The highest BCUT2D eigenvalue weighted by atomic mass is 79.9. The van der Waals surface area contributed by atoms with E-state index in [1.807, 2.05) is 0 Å². The van der Waals surface area contributed by atoms with Crippen molar-refractivity contribution in [1.82, 2.24) is 0 Å². The van der Waals surface area contributed by atoms with Gasteiger partial charge in [0.2, 0.25) is 0 Å². The van der Waals surface area contributed by atoms with E-state index in [0.29, 0.717) is 0 Å². The highest BCUT2D eigenvalue weighted by molar-refractivity contribution is 9.10. The largest absolute Gasteiger partial charge is 0.0766 e. The number of hydrogen-bond donors (Lipinski definition) is 0. The molecule has 0 unspecified atom stereocenters. The van der Waals surface area contributed by atoms with Crippen LogP contribution in [0.5, 0.6) is 0 Å². The van der Waals surface area contributed by atoms with Crippen molar-refractivity contribution in [2.24, 2.45) is 0 Å². The highest BCUT2D eigenvalue weighted by Crippen LogP contribution is 2.38. The Morgan fingerprint density at radius 3 is 2.53 bits per heavy atom. The molecule has 19 heavy (non-hydrogen) atoms. The lowest BCUT2D eigenvalue weighted by atomic mass is 9.94. The third-order valence-electron chi connectivity index (χ3n) is 4.14. The first-order chi connectivity index (χ1) is 9.08. The Hall–Kier alpha value is -1.34. The summed E-state index contributed by atoms with van der Waals surface area (Å²) in [5.74, 6) is 0. The Morgan fingerprint density at radius 1 is 0.947 bits per heavy atom. The topological polar surface area (TPSA) is 0 Å². The zero-order valence-electron chi connectivity index (χ0n) is 11.5. The highest BCUT2D eigenvalue weighted by Gasteiger charge is 2.15. The van der Waals surface area contributed by atoms with Gasteiger partial charge in [-0.05, 0) is 78.3 Å². The summed E-state index contributed by atoms with van der Waals surface area (Å²) < 4.78 is 1.20. The van der Waals surface area contributed by atoms with Gasteiger partial charge in [-0.2, -0.15) is 0 Å². The molecule has 0 atom stereocenters. The lowest BCUT2D eigenvalue weighted by Gasteiger charge is -2.13. The van der Waals surface area contributed by atoms with Gasteiger partial charge >= 0.3 is 0 Å². The van der Waals surface area contributed by atoms with Gasteiger partial charge in [-0.1, -0.05) is 40.2 Å². The van der Waals surface area contributed by atoms with E-state index in [9.17, 15) is 0 Å². The van der Waals surface area contributed by atoms with Crippen LogP contribution in [-0.2, 0) is 6.42 Å². The van der Waals surface area contributed by atoms with Crippen LogP contribution >= 0.6 is 15.9 Å². The number of aryl methyl sites for hydroxylation is 1. The van der Waals surface area contributed by atoms with Crippen molar-refractivity contribution in [1.29, 1.82) is 0 Å². The number of halogens is 1. The van der Waals surface area contributed by atoms with Crippen LogP contribution in [0.3, 0.4) is 0 Å². The lowest BCUT2D eigenvalue weighted by molar-refractivity contribution is 1.29. The van der Waals surface area contributed by atoms with Crippen LogP contribution in [0.15, 0.2) is 40.9 Å². The third-order valence-corrected chi connectivity index (χ3v) is 4.80. The molecule has 0 aliphatic heterocycles. The Kier molecular flexibility index (Phi) is 3.10. The number of fused-ring (bicyclic) bond motifs is 1. The summed E-state index contributed by atoms with van der Waals surface area (Å²) in [6, 6.07) is 11.1. The standard InChI is InChI=1S/C18H17Br/c1-11-5-4-6-15(13(11)3)17-10-16-12(2)7-8-14(16)9-18(17)19/h4-7,9-10H,8H2,1-3H3. The van der Waals surface area contributed by atoms with E-state index in [4.69, 9.17) is 0 Å². The molecule has 0 bridgehead atoms. The molecule has 1 heteroatoms. The van der Waals surface area contributed by atoms with E-state index in [1.165, 1.54) is 43.4 Å². The van der Waals surface area contributed by atoms with Gasteiger partial charge in [0, 0.05) is 4.47 Å². The number of benzene rings is 2. The minimum atomic E-state index is 1.06. The molecule has 0 N–H and O–H groups in total. The molecule has 1 aliphatic carbocycles. The van der Waals surface area contributed by atoms with Crippen molar-refractivity contribution in [2.45, 2.75) is 27.2 Å². The first-order valence-electron chi connectivity index (χ1n) is 6.64. The van der Waals surface area contributed by atoms with Crippen LogP contribution in [0.2, 0.25) is 0 Å². The second-order valence-electron chi connectivity index (χ2n) is 5.33. The molecule has 0 spiro atoms. The maximum absolute atomic E-state index is 3.74. The lowest BCUT2D eigenvalue weighted by Crippen LogP contribution is -1.91. The van der Waals surface area contributed by atoms with E-state index in [2.05, 4.69) is 73.1 Å². The fraction of sp³-hybridized carbons (Fsp3) is 0.222. The van der Waals surface area contributed by atoms with Crippen LogP contribution in [-0.4, -0.2) is 0 Å². The Labute approximate surface area is 123 Å². The fourth-order valence-electron chi connectivity index (χ4n) is 2.77. The van der Waals surface area contributed by atoms with Crippen molar-refractivity contribution in [3.63, 3.8) is 0 Å². The van der Waals surface area contributed by atoms with Gasteiger partial charge in [-0.25, -0.2) is 0 Å². The Bertz CT molecular complexity index is 693. The minimum Gasteiger partial charge on any atom is -0.0766 e. The van der Waals surface area contributed by atoms with Gasteiger partial charge < -0.3 is 0 Å². The molecule has 0 saturated carbocycles. The number of hydrogen-bond acceptors (Lipinski definition) is 0. The molecule has 0 amide bonds. The van der Waals surface area contributed by atoms with Crippen molar-refractivity contribution in [3.8, 4) is 11.1 Å². The molecule has 0 fully saturated rings. The van der Waals surface area contributed by atoms with E-state index in [-0.39, 0.29) is 0 Å². The number of rotatable bonds is 1. The van der Waals surface area contributed by atoms with Gasteiger partial charge in [-0.3, -0.25) is 0 Å². The molecule has 96 valence electrons. The fourth-order valence-corrected chi connectivity index (χ4v) is 3.38. The van der Waals surface area contributed by atoms with Gasteiger partial charge in [-0.15, -0.1) is 0 Å². The Balaban J connectivity index is 2.24. The molecule has 3 rings (SSSR count). The van der Waals surface area contributed by atoms with Crippen LogP contribution in [0, 0.1) is 13.8 Å². The molecular weight excluding hydrogens is 296 g/mol. The second kappa shape index (κ2) is 4.64. The molecule has 0 heterocycles.